The first-order valence-corrected chi connectivity index (χ1v) is 6.32. The molecule has 0 atom stereocenters. The molecule has 0 amide bonds. The lowest BCUT2D eigenvalue weighted by atomic mass is 10.2. The smallest absolute Gasteiger partial charge is 0.349 e. The lowest BCUT2D eigenvalue weighted by Crippen LogP contribution is -2.01. The summed E-state index contributed by atoms with van der Waals surface area (Å²) in [6.07, 6.45) is 0.607. The first-order chi connectivity index (χ1) is 8.67. The van der Waals surface area contributed by atoms with E-state index in [0.717, 1.165) is 11.3 Å². The highest BCUT2D eigenvalue weighted by molar-refractivity contribution is 7.17. The van der Waals surface area contributed by atoms with Gasteiger partial charge in [0.25, 0.3) is 0 Å². The third-order valence-electron chi connectivity index (χ3n) is 2.51. The van der Waals surface area contributed by atoms with Crippen LogP contribution in [0.25, 0.3) is 10.6 Å². The molecule has 0 saturated carbocycles. The molecule has 1 heterocycles. The molecule has 94 valence electrons. The highest BCUT2D eigenvalue weighted by atomic mass is 32.1. The minimum absolute atomic E-state index is 0.342. The van der Waals surface area contributed by atoms with Gasteiger partial charge in [-0.1, -0.05) is 19.1 Å². The van der Waals surface area contributed by atoms with Gasteiger partial charge in [-0.25, -0.2) is 14.2 Å². The van der Waals surface area contributed by atoms with Crippen molar-refractivity contribution < 1.29 is 13.9 Å². The van der Waals surface area contributed by atoms with Crippen molar-refractivity contribution in [3.8, 4) is 10.6 Å². The highest BCUT2D eigenvalue weighted by Crippen LogP contribution is 2.30. The summed E-state index contributed by atoms with van der Waals surface area (Å²) in [5, 5.41) is 0.505. The minimum Gasteiger partial charge on any atom is -0.465 e. The van der Waals surface area contributed by atoms with Crippen molar-refractivity contribution in [2.75, 3.05) is 7.11 Å². The summed E-state index contributed by atoms with van der Waals surface area (Å²) >= 11 is 1.16. The van der Waals surface area contributed by atoms with Gasteiger partial charge in [0.05, 0.1) is 12.8 Å². The van der Waals surface area contributed by atoms with Crippen molar-refractivity contribution in [1.29, 1.82) is 0 Å². The lowest BCUT2D eigenvalue weighted by Gasteiger charge is -1.96. The fourth-order valence-electron chi connectivity index (χ4n) is 1.59. The van der Waals surface area contributed by atoms with E-state index in [0.29, 0.717) is 27.6 Å². The molecule has 0 bridgehead atoms. The van der Waals surface area contributed by atoms with Crippen LogP contribution < -0.4 is 0 Å². The van der Waals surface area contributed by atoms with Gasteiger partial charge in [-0.15, -0.1) is 11.3 Å². The predicted octanol–water partition coefficient (Wildman–Crippen LogP) is 3.30. The zero-order chi connectivity index (χ0) is 13.1. The summed E-state index contributed by atoms with van der Waals surface area (Å²) in [6.45, 7) is 1.90. The van der Waals surface area contributed by atoms with Gasteiger partial charge in [-0.05, 0) is 18.6 Å². The van der Waals surface area contributed by atoms with Crippen molar-refractivity contribution in [3.05, 3.63) is 40.7 Å². The average molecular weight is 265 g/mol. The van der Waals surface area contributed by atoms with Crippen LogP contribution in [0.15, 0.2) is 24.3 Å². The topological polar surface area (TPSA) is 39.2 Å². The molecule has 0 fully saturated rings. The van der Waals surface area contributed by atoms with Crippen LogP contribution in [0.5, 0.6) is 0 Å². The Morgan fingerprint density at radius 1 is 1.44 bits per heavy atom. The Bertz CT molecular complexity index is 580. The molecule has 5 heteroatoms. The van der Waals surface area contributed by atoms with Gasteiger partial charge >= 0.3 is 5.97 Å². The zero-order valence-electron chi connectivity index (χ0n) is 10.1. The van der Waals surface area contributed by atoms with E-state index in [1.165, 1.54) is 13.2 Å². The second-order valence-electron chi connectivity index (χ2n) is 3.62. The molecule has 1 aromatic heterocycles. The first-order valence-electron chi connectivity index (χ1n) is 5.50. The van der Waals surface area contributed by atoms with Crippen LogP contribution in [0, 0.1) is 5.82 Å². The molecule has 18 heavy (non-hydrogen) atoms. The molecule has 0 aliphatic heterocycles. The van der Waals surface area contributed by atoms with E-state index in [1.54, 1.807) is 18.2 Å². The van der Waals surface area contributed by atoms with E-state index in [1.807, 2.05) is 6.92 Å². The van der Waals surface area contributed by atoms with Crippen LogP contribution in [0.4, 0.5) is 4.39 Å². The number of ether oxygens (including phenoxy) is 1. The van der Waals surface area contributed by atoms with Crippen LogP contribution in [-0.4, -0.2) is 18.1 Å². The summed E-state index contributed by atoms with van der Waals surface area (Å²) in [4.78, 5) is 16.3. The van der Waals surface area contributed by atoms with E-state index in [4.69, 9.17) is 4.74 Å². The molecular formula is C13H12FNO2S. The average Bonchev–Trinajstić information content (AvgIpc) is 2.82. The number of methoxy groups -OCH3 is 1. The Hall–Kier alpha value is -1.75. The molecular weight excluding hydrogens is 253 g/mol. The number of carbonyl (C=O) groups is 1. The number of hydrogen-bond acceptors (Lipinski definition) is 4. The largest absolute Gasteiger partial charge is 0.465 e. The summed E-state index contributed by atoms with van der Waals surface area (Å²) in [7, 11) is 1.32. The summed E-state index contributed by atoms with van der Waals surface area (Å²) in [5.74, 6) is -0.766. The normalized spacial score (nSPS) is 10.4. The maximum Gasteiger partial charge on any atom is 0.349 e. The predicted molar refractivity (Wildman–Crippen MR) is 68.2 cm³/mol. The number of thiazole rings is 1. The standard InChI is InChI=1S/C13H12FNO2S/c1-3-10-11(13(16)17-2)18-12(15-10)8-6-4-5-7-9(8)14/h4-7H,3H2,1-2H3. The molecule has 0 aliphatic rings. The first kappa shape index (κ1) is 12.7. The molecule has 0 unspecified atom stereocenters. The Balaban J connectivity index is 2.51. The van der Waals surface area contributed by atoms with Crippen LogP contribution in [-0.2, 0) is 11.2 Å². The molecule has 3 nitrogen and oxygen atoms in total. The fourth-order valence-corrected chi connectivity index (χ4v) is 2.69. The van der Waals surface area contributed by atoms with Crippen molar-refractivity contribution in [2.24, 2.45) is 0 Å². The molecule has 2 rings (SSSR count). The van der Waals surface area contributed by atoms with Crippen molar-refractivity contribution >= 4 is 17.3 Å². The van der Waals surface area contributed by atoms with E-state index in [2.05, 4.69) is 4.98 Å². The second kappa shape index (κ2) is 5.27. The summed E-state index contributed by atoms with van der Waals surface area (Å²) in [6, 6.07) is 6.38. The van der Waals surface area contributed by atoms with Gasteiger partial charge in [-0.2, -0.15) is 0 Å². The maximum absolute atomic E-state index is 13.7. The number of benzene rings is 1. The Morgan fingerprint density at radius 3 is 2.78 bits per heavy atom. The number of carbonyl (C=O) groups excluding carboxylic acids is 1. The molecule has 0 aliphatic carbocycles. The van der Waals surface area contributed by atoms with Gasteiger partial charge in [0.2, 0.25) is 0 Å². The second-order valence-corrected chi connectivity index (χ2v) is 4.62. The number of aromatic nitrogens is 1. The molecule has 1 aromatic carbocycles. The Labute approximate surface area is 108 Å². The van der Waals surface area contributed by atoms with E-state index < -0.39 is 5.97 Å². The number of esters is 1. The molecule has 2 aromatic rings. The van der Waals surface area contributed by atoms with Gasteiger partial charge in [0.1, 0.15) is 15.7 Å². The zero-order valence-corrected chi connectivity index (χ0v) is 10.9. The number of rotatable bonds is 3. The lowest BCUT2D eigenvalue weighted by molar-refractivity contribution is 0.0605. The van der Waals surface area contributed by atoms with Gasteiger partial charge in [-0.3, -0.25) is 0 Å². The van der Waals surface area contributed by atoms with Crippen LogP contribution in [0.3, 0.4) is 0 Å². The van der Waals surface area contributed by atoms with E-state index in [9.17, 15) is 9.18 Å². The maximum atomic E-state index is 13.7. The molecule has 0 radical (unpaired) electrons. The molecule has 0 N–H and O–H groups in total. The fraction of sp³-hybridized carbons (Fsp3) is 0.231. The monoisotopic (exact) mass is 265 g/mol. The van der Waals surface area contributed by atoms with E-state index >= 15 is 0 Å². The van der Waals surface area contributed by atoms with Crippen LogP contribution >= 0.6 is 11.3 Å². The SMILES string of the molecule is CCc1nc(-c2ccccc2F)sc1C(=O)OC. The Kier molecular flexibility index (Phi) is 3.72. The molecule has 0 saturated heterocycles. The summed E-state index contributed by atoms with van der Waals surface area (Å²) in [5.41, 5.74) is 1.05. The number of hydrogen-bond donors (Lipinski definition) is 0. The third-order valence-corrected chi connectivity index (χ3v) is 3.62. The third kappa shape index (κ3) is 2.26. The van der Waals surface area contributed by atoms with Crippen molar-refractivity contribution in [2.45, 2.75) is 13.3 Å². The minimum atomic E-state index is -0.424. The van der Waals surface area contributed by atoms with Crippen molar-refractivity contribution in [3.63, 3.8) is 0 Å². The van der Waals surface area contributed by atoms with Crippen LogP contribution in [0.2, 0.25) is 0 Å². The Morgan fingerprint density at radius 2 is 2.17 bits per heavy atom. The van der Waals surface area contributed by atoms with Gasteiger partial charge in [0, 0.05) is 5.56 Å². The quantitative estimate of drug-likeness (QED) is 0.799. The number of halogens is 1. The van der Waals surface area contributed by atoms with E-state index in [-0.39, 0.29) is 5.82 Å². The highest BCUT2D eigenvalue weighted by Gasteiger charge is 2.19. The number of nitrogens with zero attached hydrogens (tertiary/aromatic N) is 1. The molecule has 0 spiro atoms. The van der Waals surface area contributed by atoms with Crippen LogP contribution in [0.1, 0.15) is 22.3 Å². The van der Waals surface area contributed by atoms with Gasteiger partial charge < -0.3 is 4.74 Å². The van der Waals surface area contributed by atoms with Crippen molar-refractivity contribution in [1.82, 2.24) is 4.98 Å². The summed E-state index contributed by atoms with van der Waals surface area (Å²) < 4.78 is 18.3. The van der Waals surface area contributed by atoms with Gasteiger partial charge in [0.15, 0.2) is 0 Å². The number of aryl methyl sites for hydroxylation is 1.